The molecule has 2 amide bonds. The van der Waals surface area contributed by atoms with E-state index in [2.05, 4.69) is 5.32 Å². The van der Waals surface area contributed by atoms with Gasteiger partial charge in [-0.2, -0.15) is 0 Å². The van der Waals surface area contributed by atoms with Crippen molar-refractivity contribution >= 4 is 12.0 Å². The Kier molecular flexibility index (Phi) is 4.88. The van der Waals surface area contributed by atoms with Crippen molar-refractivity contribution in [3.63, 3.8) is 0 Å². The molecule has 1 atom stereocenters. The Morgan fingerprint density at radius 3 is 2.36 bits per heavy atom. The van der Waals surface area contributed by atoms with E-state index in [4.69, 9.17) is 0 Å². The van der Waals surface area contributed by atoms with Crippen molar-refractivity contribution in [2.45, 2.75) is 19.5 Å². The average molecular weight is 340 g/mol. The van der Waals surface area contributed by atoms with E-state index in [1.54, 1.807) is 17.0 Å². The van der Waals surface area contributed by atoms with Crippen molar-refractivity contribution in [1.29, 1.82) is 0 Å². The molecule has 1 heterocycles. The maximum Gasteiger partial charge on any atom is 0.318 e. The molecule has 0 spiro atoms. The minimum atomic E-state index is -0.978. The van der Waals surface area contributed by atoms with Gasteiger partial charge in [0.2, 0.25) is 0 Å². The number of carboxylic acids is 1. The number of hydrogen-bond donors (Lipinski definition) is 3. The number of nitrogens with zero attached hydrogens (tertiary/aromatic N) is 1. The van der Waals surface area contributed by atoms with Crippen LogP contribution in [-0.2, 0) is 24.3 Å². The maximum absolute atomic E-state index is 12.3. The lowest BCUT2D eigenvalue weighted by Crippen LogP contribution is -2.41. The predicted molar refractivity (Wildman–Crippen MR) is 92.0 cm³/mol. The Morgan fingerprint density at radius 2 is 1.76 bits per heavy atom. The number of fused-ring (bicyclic) bond motifs is 1. The minimum Gasteiger partial charge on any atom is -0.508 e. The number of rotatable bonds is 5. The number of carbonyl (C=O) groups is 2. The van der Waals surface area contributed by atoms with Crippen molar-refractivity contribution < 1.29 is 19.8 Å². The van der Waals surface area contributed by atoms with Gasteiger partial charge < -0.3 is 20.4 Å². The summed E-state index contributed by atoms with van der Waals surface area (Å²) in [6.45, 7) is 1.11. The monoisotopic (exact) mass is 340 g/mol. The lowest BCUT2D eigenvalue weighted by Gasteiger charge is -2.19. The molecule has 1 aliphatic rings. The highest BCUT2D eigenvalue weighted by Gasteiger charge is 2.25. The van der Waals surface area contributed by atoms with Crippen LogP contribution in [0.15, 0.2) is 48.5 Å². The second-order valence-electron chi connectivity index (χ2n) is 6.22. The highest BCUT2D eigenvalue weighted by molar-refractivity contribution is 5.76. The number of carboxylic acid groups (broad SMARTS) is 1. The third-order valence-electron chi connectivity index (χ3n) is 4.37. The molecule has 0 aliphatic carbocycles. The molecule has 2 aromatic carbocycles. The number of carbonyl (C=O) groups excluding carboxylic acids is 1. The van der Waals surface area contributed by atoms with Gasteiger partial charge in [0, 0.05) is 19.6 Å². The zero-order chi connectivity index (χ0) is 17.8. The van der Waals surface area contributed by atoms with Crippen LogP contribution in [-0.4, -0.2) is 33.7 Å². The van der Waals surface area contributed by atoms with Gasteiger partial charge in [0.05, 0.1) is 5.92 Å². The first kappa shape index (κ1) is 16.8. The number of aliphatic carboxylic acids is 1. The van der Waals surface area contributed by atoms with Crippen molar-refractivity contribution in [3.05, 3.63) is 65.2 Å². The highest BCUT2D eigenvalue weighted by Crippen LogP contribution is 2.22. The molecule has 2 aromatic rings. The van der Waals surface area contributed by atoms with Gasteiger partial charge >= 0.3 is 12.0 Å². The first-order chi connectivity index (χ1) is 12.0. The normalized spacial score (nSPS) is 14.0. The van der Waals surface area contributed by atoms with Gasteiger partial charge in [-0.25, -0.2) is 4.79 Å². The molecule has 0 fully saturated rings. The number of benzene rings is 2. The summed E-state index contributed by atoms with van der Waals surface area (Å²) >= 11 is 0. The average Bonchev–Trinajstić information content (AvgIpc) is 3.02. The van der Waals surface area contributed by atoms with Gasteiger partial charge in [0.15, 0.2) is 0 Å². The van der Waals surface area contributed by atoms with E-state index in [1.165, 1.54) is 12.1 Å². The van der Waals surface area contributed by atoms with Crippen LogP contribution in [0.25, 0.3) is 0 Å². The quantitative estimate of drug-likeness (QED) is 0.779. The van der Waals surface area contributed by atoms with Crippen LogP contribution >= 0.6 is 0 Å². The Labute approximate surface area is 145 Å². The fourth-order valence-corrected chi connectivity index (χ4v) is 3.01. The second kappa shape index (κ2) is 7.25. The van der Waals surface area contributed by atoms with E-state index in [0.29, 0.717) is 13.1 Å². The van der Waals surface area contributed by atoms with Crippen molar-refractivity contribution in [2.75, 3.05) is 6.54 Å². The summed E-state index contributed by atoms with van der Waals surface area (Å²) in [6, 6.07) is 14.1. The fourth-order valence-electron chi connectivity index (χ4n) is 3.01. The zero-order valence-corrected chi connectivity index (χ0v) is 13.7. The van der Waals surface area contributed by atoms with Crippen LogP contribution in [0.5, 0.6) is 5.75 Å². The van der Waals surface area contributed by atoms with Crippen LogP contribution in [0.1, 0.15) is 16.7 Å². The molecular weight excluding hydrogens is 320 g/mol. The summed E-state index contributed by atoms with van der Waals surface area (Å²) in [6.07, 6.45) is 0.240. The molecule has 0 bridgehead atoms. The Hall–Kier alpha value is -3.02. The standard InChI is InChI=1S/C19H20N2O4/c22-17-7-3-4-13(9-17)8-16(18(23)24)10-20-19(25)21-11-14-5-1-2-6-15(14)12-21/h1-7,9,16,22H,8,10-12H2,(H,20,25)(H,23,24). The summed E-state index contributed by atoms with van der Waals surface area (Å²) < 4.78 is 0. The number of urea groups is 1. The SMILES string of the molecule is O=C(O)C(CNC(=O)N1Cc2ccccc2C1)Cc1cccc(O)c1. The van der Waals surface area contributed by atoms with E-state index in [-0.39, 0.29) is 24.7 Å². The van der Waals surface area contributed by atoms with E-state index >= 15 is 0 Å². The van der Waals surface area contributed by atoms with Crippen molar-refractivity contribution in [2.24, 2.45) is 5.92 Å². The van der Waals surface area contributed by atoms with Crippen LogP contribution < -0.4 is 5.32 Å². The number of hydrogen-bond acceptors (Lipinski definition) is 3. The van der Waals surface area contributed by atoms with Crippen LogP contribution in [0.4, 0.5) is 4.79 Å². The van der Waals surface area contributed by atoms with Gasteiger partial charge in [0.25, 0.3) is 0 Å². The van der Waals surface area contributed by atoms with Crippen LogP contribution in [0, 0.1) is 5.92 Å². The predicted octanol–water partition coefficient (Wildman–Crippen LogP) is 2.36. The Morgan fingerprint density at radius 1 is 1.08 bits per heavy atom. The lowest BCUT2D eigenvalue weighted by atomic mass is 9.99. The van der Waals surface area contributed by atoms with Gasteiger partial charge in [-0.15, -0.1) is 0 Å². The molecule has 6 heteroatoms. The molecule has 6 nitrogen and oxygen atoms in total. The molecule has 0 saturated heterocycles. The smallest absolute Gasteiger partial charge is 0.318 e. The van der Waals surface area contributed by atoms with Gasteiger partial charge in [-0.3, -0.25) is 4.79 Å². The van der Waals surface area contributed by atoms with E-state index < -0.39 is 11.9 Å². The van der Waals surface area contributed by atoms with Gasteiger partial charge in [-0.1, -0.05) is 36.4 Å². The summed E-state index contributed by atoms with van der Waals surface area (Å²) in [7, 11) is 0. The van der Waals surface area contributed by atoms with E-state index in [9.17, 15) is 19.8 Å². The first-order valence-electron chi connectivity index (χ1n) is 8.13. The summed E-state index contributed by atoms with van der Waals surface area (Å²) in [5.41, 5.74) is 2.95. The molecule has 130 valence electrons. The Balaban J connectivity index is 1.57. The lowest BCUT2D eigenvalue weighted by molar-refractivity contribution is -0.141. The first-order valence-corrected chi connectivity index (χ1v) is 8.13. The zero-order valence-electron chi connectivity index (χ0n) is 13.7. The molecule has 25 heavy (non-hydrogen) atoms. The van der Waals surface area contributed by atoms with E-state index in [0.717, 1.165) is 16.7 Å². The van der Waals surface area contributed by atoms with Gasteiger partial charge in [0.1, 0.15) is 5.75 Å². The van der Waals surface area contributed by atoms with Crippen LogP contribution in [0.2, 0.25) is 0 Å². The third-order valence-corrected chi connectivity index (χ3v) is 4.37. The molecule has 3 rings (SSSR count). The third kappa shape index (κ3) is 4.09. The second-order valence-corrected chi connectivity index (χ2v) is 6.22. The van der Waals surface area contributed by atoms with Crippen molar-refractivity contribution in [1.82, 2.24) is 10.2 Å². The molecule has 1 unspecified atom stereocenters. The topological polar surface area (TPSA) is 89.9 Å². The number of amides is 2. The maximum atomic E-state index is 12.3. The molecule has 1 aliphatic heterocycles. The number of phenols is 1. The van der Waals surface area contributed by atoms with Crippen molar-refractivity contribution in [3.8, 4) is 5.75 Å². The number of nitrogens with one attached hydrogen (secondary N) is 1. The van der Waals surface area contributed by atoms with Gasteiger partial charge in [-0.05, 0) is 35.2 Å². The summed E-state index contributed by atoms with van der Waals surface area (Å²) in [4.78, 5) is 25.5. The number of phenolic OH excluding ortho intramolecular Hbond substituents is 1. The largest absolute Gasteiger partial charge is 0.508 e. The highest BCUT2D eigenvalue weighted by atomic mass is 16.4. The summed E-state index contributed by atoms with van der Waals surface area (Å²) in [5.74, 6) is -1.63. The fraction of sp³-hybridized carbons (Fsp3) is 0.263. The molecular formula is C19H20N2O4. The molecule has 0 aromatic heterocycles. The summed E-state index contributed by atoms with van der Waals surface area (Å²) in [5, 5.41) is 21.6. The number of aromatic hydroxyl groups is 1. The molecule has 0 radical (unpaired) electrons. The van der Waals surface area contributed by atoms with E-state index in [1.807, 2.05) is 24.3 Å². The minimum absolute atomic E-state index is 0.0384. The molecule has 3 N–H and O–H groups in total. The molecule has 0 saturated carbocycles. The Bertz CT molecular complexity index is 765. The van der Waals surface area contributed by atoms with Crippen LogP contribution in [0.3, 0.4) is 0 Å².